The van der Waals surface area contributed by atoms with Gasteiger partial charge in [-0.1, -0.05) is 128 Å². The second kappa shape index (κ2) is 19.7. The Balaban J connectivity index is 0. The van der Waals surface area contributed by atoms with Crippen LogP contribution < -0.4 is 0 Å². The fourth-order valence-corrected chi connectivity index (χ4v) is 5.45. The molecule has 0 aromatic carbocycles. The maximum absolute atomic E-state index is 2.43. The lowest BCUT2D eigenvalue weighted by Crippen LogP contribution is -2.22. The smallest absolute Gasteiger partial charge is 0.0386 e. The van der Waals surface area contributed by atoms with Crippen LogP contribution in [0.25, 0.3) is 0 Å². The molecule has 2 rings (SSSR count). The summed E-state index contributed by atoms with van der Waals surface area (Å²) in [5.74, 6) is 7.53. The third-order valence-electron chi connectivity index (χ3n) is 8.00. The van der Waals surface area contributed by atoms with E-state index in [4.69, 9.17) is 0 Å². The highest BCUT2D eigenvalue weighted by Crippen LogP contribution is 2.39. The van der Waals surface area contributed by atoms with E-state index in [2.05, 4.69) is 55.4 Å². The Morgan fingerprint density at radius 3 is 1.40 bits per heavy atom. The summed E-state index contributed by atoms with van der Waals surface area (Å²) in [6, 6.07) is 0. The molecule has 0 spiro atoms. The van der Waals surface area contributed by atoms with Crippen LogP contribution in [0.4, 0.5) is 0 Å². The van der Waals surface area contributed by atoms with E-state index in [1.165, 1.54) is 38.5 Å². The molecular formula is C30H64. The lowest BCUT2D eigenvalue weighted by atomic mass is 9.71. The Bertz CT molecular complexity index is 328. The highest BCUT2D eigenvalue weighted by molar-refractivity contribution is 4.78. The van der Waals surface area contributed by atoms with Crippen molar-refractivity contribution in [3.05, 3.63) is 0 Å². The summed E-state index contributed by atoms with van der Waals surface area (Å²) >= 11 is 0. The summed E-state index contributed by atoms with van der Waals surface area (Å²) in [6.45, 7) is 27.0. The molecule has 0 heterocycles. The molecule has 2 aliphatic rings. The summed E-state index contributed by atoms with van der Waals surface area (Å²) in [4.78, 5) is 0. The molecule has 0 radical (unpaired) electrons. The molecule has 184 valence electrons. The van der Waals surface area contributed by atoms with Crippen molar-refractivity contribution in [1.29, 1.82) is 0 Å². The van der Waals surface area contributed by atoms with Crippen molar-refractivity contribution in [1.82, 2.24) is 0 Å². The summed E-state index contributed by atoms with van der Waals surface area (Å²) in [7, 11) is 0. The normalized spacial score (nSPS) is 25.0. The highest BCUT2D eigenvalue weighted by atomic mass is 14.3. The first-order valence-electron chi connectivity index (χ1n) is 14.2. The van der Waals surface area contributed by atoms with Gasteiger partial charge in [0.15, 0.2) is 0 Å². The standard InChI is InChI=1S/C13H24.C13H28.2C2H6/c1-11-7-9-13(10-8-11)12-5-3-2-4-6-12;1-9(2)8-11(5)13(7)12(6)10(3)4;2*1-2/h11-13H,2-10H2,1H3;9-13H,8H2,1-7H3;2*1-2H3. The monoisotopic (exact) mass is 425 g/mol. The second-order valence-electron chi connectivity index (χ2n) is 11.0. The highest BCUT2D eigenvalue weighted by Gasteiger charge is 2.26. The predicted molar refractivity (Wildman–Crippen MR) is 142 cm³/mol. The molecule has 2 saturated carbocycles. The molecular weight excluding hydrogens is 360 g/mol. The van der Waals surface area contributed by atoms with E-state index >= 15 is 0 Å². The predicted octanol–water partition coefficient (Wildman–Crippen LogP) is 11.0. The van der Waals surface area contributed by atoms with Crippen molar-refractivity contribution in [2.45, 2.75) is 147 Å². The lowest BCUT2D eigenvalue weighted by molar-refractivity contribution is 0.173. The van der Waals surface area contributed by atoms with Crippen molar-refractivity contribution in [2.24, 2.45) is 47.3 Å². The Morgan fingerprint density at radius 1 is 0.567 bits per heavy atom. The number of rotatable bonds is 6. The average molecular weight is 425 g/mol. The first kappa shape index (κ1) is 32.2. The van der Waals surface area contributed by atoms with E-state index in [9.17, 15) is 0 Å². The fraction of sp³-hybridized carbons (Fsp3) is 1.00. The van der Waals surface area contributed by atoms with E-state index in [0.29, 0.717) is 0 Å². The second-order valence-corrected chi connectivity index (χ2v) is 11.0. The summed E-state index contributed by atoms with van der Waals surface area (Å²) in [5, 5.41) is 0. The third kappa shape index (κ3) is 14.1. The summed E-state index contributed by atoms with van der Waals surface area (Å²) in [6.07, 6.45) is 15.2. The minimum absolute atomic E-state index is 0.824. The van der Waals surface area contributed by atoms with Gasteiger partial charge in [-0.25, -0.2) is 0 Å². The van der Waals surface area contributed by atoms with Crippen LogP contribution >= 0.6 is 0 Å². The molecule has 0 amide bonds. The maximum Gasteiger partial charge on any atom is -0.0386 e. The Kier molecular flexibility index (Phi) is 21.1. The van der Waals surface area contributed by atoms with Crippen LogP contribution in [0.1, 0.15) is 147 Å². The maximum atomic E-state index is 2.43. The van der Waals surface area contributed by atoms with Crippen molar-refractivity contribution in [2.75, 3.05) is 0 Å². The first-order chi connectivity index (χ1) is 14.2. The van der Waals surface area contributed by atoms with E-state index in [1.807, 2.05) is 27.7 Å². The van der Waals surface area contributed by atoms with Crippen molar-refractivity contribution in [3.63, 3.8) is 0 Å². The Morgan fingerprint density at radius 2 is 1.00 bits per heavy atom. The van der Waals surface area contributed by atoms with Gasteiger partial charge < -0.3 is 0 Å². The molecule has 0 bridgehead atoms. The van der Waals surface area contributed by atoms with Gasteiger partial charge in [-0.05, 0) is 66.6 Å². The van der Waals surface area contributed by atoms with Gasteiger partial charge in [0.25, 0.3) is 0 Å². The molecule has 2 fully saturated rings. The zero-order chi connectivity index (χ0) is 23.7. The average Bonchev–Trinajstić information content (AvgIpc) is 2.76. The molecule has 0 nitrogen and oxygen atoms in total. The molecule has 3 atom stereocenters. The molecule has 3 unspecified atom stereocenters. The van der Waals surface area contributed by atoms with Crippen LogP contribution in [0.2, 0.25) is 0 Å². The van der Waals surface area contributed by atoms with Gasteiger partial charge in [0.05, 0.1) is 0 Å². The van der Waals surface area contributed by atoms with E-state index in [0.717, 1.165) is 47.3 Å². The van der Waals surface area contributed by atoms with E-state index in [1.54, 1.807) is 25.7 Å². The van der Waals surface area contributed by atoms with Gasteiger partial charge in [0.1, 0.15) is 0 Å². The zero-order valence-corrected chi connectivity index (χ0v) is 23.7. The van der Waals surface area contributed by atoms with Gasteiger partial charge in [-0.2, -0.15) is 0 Å². The molecule has 2 aliphatic carbocycles. The van der Waals surface area contributed by atoms with Gasteiger partial charge in [0, 0.05) is 0 Å². The Labute approximate surface area is 194 Å². The van der Waals surface area contributed by atoms with E-state index < -0.39 is 0 Å². The molecule has 0 aliphatic heterocycles. The molecule has 30 heavy (non-hydrogen) atoms. The molecule has 0 aromatic rings. The number of hydrogen-bond donors (Lipinski definition) is 0. The van der Waals surface area contributed by atoms with Crippen LogP contribution in [-0.4, -0.2) is 0 Å². The third-order valence-corrected chi connectivity index (χ3v) is 8.00. The van der Waals surface area contributed by atoms with Gasteiger partial charge in [-0.3, -0.25) is 0 Å². The van der Waals surface area contributed by atoms with Crippen LogP contribution in [0, 0.1) is 47.3 Å². The summed E-state index contributed by atoms with van der Waals surface area (Å²) in [5.41, 5.74) is 0. The van der Waals surface area contributed by atoms with Crippen LogP contribution in [0.3, 0.4) is 0 Å². The summed E-state index contributed by atoms with van der Waals surface area (Å²) < 4.78 is 0. The van der Waals surface area contributed by atoms with E-state index in [-0.39, 0.29) is 0 Å². The quantitative estimate of drug-likeness (QED) is 0.397. The van der Waals surface area contributed by atoms with Crippen molar-refractivity contribution < 1.29 is 0 Å². The minimum atomic E-state index is 0.824. The van der Waals surface area contributed by atoms with Crippen molar-refractivity contribution >= 4 is 0 Å². The van der Waals surface area contributed by atoms with Crippen LogP contribution in [0.5, 0.6) is 0 Å². The van der Waals surface area contributed by atoms with Crippen LogP contribution in [0.15, 0.2) is 0 Å². The number of hydrogen-bond acceptors (Lipinski definition) is 0. The fourth-order valence-electron chi connectivity index (χ4n) is 5.45. The lowest BCUT2D eigenvalue weighted by Gasteiger charge is -2.34. The Hall–Kier alpha value is 0. The van der Waals surface area contributed by atoms with Gasteiger partial charge in [-0.15, -0.1) is 0 Å². The first-order valence-corrected chi connectivity index (χ1v) is 14.2. The topological polar surface area (TPSA) is 0 Å². The van der Waals surface area contributed by atoms with Gasteiger partial charge >= 0.3 is 0 Å². The van der Waals surface area contributed by atoms with Crippen LogP contribution in [-0.2, 0) is 0 Å². The minimum Gasteiger partial charge on any atom is -0.0683 e. The SMILES string of the molecule is CC.CC.CC(C)CC(C)C(C)C(C)C(C)C.CC1CCC(C2CCCCC2)CC1. The molecule has 0 saturated heterocycles. The zero-order valence-electron chi connectivity index (χ0n) is 23.7. The van der Waals surface area contributed by atoms with Crippen molar-refractivity contribution in [3.8, 4) is 0 Å². The molecule has 0 aromatic heterocycles. The molecule has 0 heteroatoms. The molecule has 0 N–H and O–H groups in total. The van der Waals surface area contributed by atoms with Gasteiger partial charge in [0.2, 0.25) is 0 Å². The largest absolute Gasteiger partial charge is 0.0683 e.